The standard InChI is InChI=1S/C10H23N.CH4/c1-2-3-4-5-6-7-8-9-10-11;/h2-11H2,1H3;1H4. The normalized spacial score (nSPS) is 9.50. The number of unbranched alkanes of at least 4 members (excludes halogenated alkanes) is 7. The molecule has 0 rings (SSSR count). The average Bonchev–Trinajstić information content (AvgIpc) is 2.03. The van der Waals surface area contributed by atoms with Gasteiger partial charge in [-0.2, -0.15) is 0 Å². The van der Waals surface area contributed by atoms with Gasteiger partial charge in [-0.25, -0.2) is 0 Å². The van der Waals surface area contributed by atoms with Crippen molar-refractivity contribution < 1.29 is 0 Å². The van der Waals surface area contributed by atoms with Crippen molar-refractivity contribution >= 4 is 0 Å². The Morgan fingerprint density at radius 3 is 1.58 bits per heavy atom. The van der Waals surface area contributed by atoms with E-state index in [9.17, 15) is 0 Å². The summed E-state index contributed by atoms with van der Waals surface area (Å²) in [6.07, 6.45) is 11.0. The number of hydrogen-bond donors (Lipinski definition) is 1. The summed E-state index contributed by atoms with van der Waals surface area (Å²) in [4.78, 5) is 0. The van der Waals surface area contributed by atoms with E-state index in [0.29, 0.717) is 0 Å². The molecule has 76 valence electrons. The van der Waals surface area contributed by atoms with Crippen LogP contribution in [0.4, 0.5) is 0 Å². The van der Waals surface area contributed by atoms with Crippen LogP contribution in [0.3, 0.4) is 0 Å². The Labute approximate surface area is 78.7 Å². The van der Waals surface area contributed by atoms with E-state index in [1.165, 1.54) is 51.4 Å². The molecule has 1 heteroatoms. The smallest absolute Gasteiger partial charge is 0.00773 e. The zero-order valence-electron chi connectivity index (χ0n) is 7.94. The van der Waals surface area contributed by atoms with Crippen LogP contribution in [0.25, 0.3) is 0 Å². The third-order valence-electron chi connectivity index (χ3n) is 2.06. The van der Waals surface area contributed by atoms with E-state index in [4.69, 9.17) is 5.73 Å². The summed E-state index contributed by atoms with van der Waals surface area (Å²) in [5.74, 6) is 0. The Kier molecular flexibility index (Phi) is 16.3. The molecular formula is C11H27N. The molecule has 0 aliphatic rings. The first-order chi connectivity index (χ1) is 5.41. The molecule has 0 bridgehead atoms. The fourth-order valence-corrected chi connectivity index (χ4v) is 1.28. The van der Waals surface area contributed by atoms with Crippen LogP contribution in [0, 0.1) is 0 Å². The quantitative estimate of drug-likeness (QED) is 0.556. The van der Waals surface area contributed by atoms with Crippen LogP contribution in [-0.2, 0) is 0 Å². The zero-order chi connectivity index (χ0) is 8.36. The van der Waals surface area contributed by atoms with E-state index in [2.05, 4.69) is 6.92 Å². The van der Waals surface area contributed by atoms with Crippen LogP contribution in [0.15, 0.2) is 0 Å². The number of nitrogens with two attached hydrogens (primary N) is 1. The molecule has 0 spiro atoms. The Balaban J connectivity index is 0. The number of hydrogen-bond acceptors (Lipinski definition) is 1. The third-order valence-corrected chi connectivity index (χ3v) is 2.06. The van der Waals surface area contributed by atoms with E-state index in [0.717, 1.165) is 6.54 Å². The third kappa shape index (κ3) is 12.6. The minimum Gasteiger partial charge on any atom is -0.330 e. The van der Waals surface area contributed by atoms with Gasteiger partial charge in [-0.1, -0.05) is 59.3 Å². The van der Waals surface area contributed by atoms with Crippen LogP contribution >= 0.6 is 0 Å². The van der Waals surface area contributed by atoms with E-state index < -0.39 is 0 Å². The summed E-state index contributed by atoms with van der Waals surface area (Å²) in [5, 5.41) is 0. The molecule has 0 amide bonds. The highest BCUT2D eigenvalue weighted by molar-refractivity contribution is 4.45. The maximum Gasteiger partial charge on any atom is -0.00773 e. The summed E-state index contributed by atoms with van der Waals surface area (Å²) in [5.41, 5.74) is 5.39. The summed E-state index contributed by atoms with van der Waals surface area (Å²) < 4.78 is 0. The molecule has 0 aromatic rings. The van der Waals surface area contributed by atoms with Gasteiger partial charge in [0.2, 0.25) is 0 Å². The van der Waals surface area contributed by atoms with Crippen molar-refractivity contribution in [1.82, 2.24) is 0 Å². The summed E-state index contributed by atoms with van der Waals surface area (Å²) in [6, 6.07) is 0. The van der Waals surface area contributed by atoms with Crippen molar-refractivity contribution in [2.24, 2.45) is 5.73 Å². The maximum absolute atomic E-state index is 5.39. The zero-order valence-corrected chi connectivity index (χ0v) is 7.94. The van der Waals surface area contributed by atoms with Crippen molar-refractivity contribution in [2.45, 2.75) is 65.7 Å². The van der Waals surface area contributed by atoms with Crippen LogP contribution < -0.4 is 5.73 Å². The van der Waals surface area contributed by atoms with Crippen molar-refractivity contribution in [1.29, 1.82) is 0 Å². The van der Waals surface area contributed by atoms with E-state index in [1.807, 2.05) is 0 Å². The fraction of sp³-hybridized carbons (Fsp3) is 1.00. The first kappa shape index (κ1) is 14.5. The highest BCUT2D eigenvalue weighted by Crippen LogP contribution is 2.07. The minimum absolute atomic E-state index is 0. The maximum atomic E-state index is 5.39. The SMILES string of the molecule is C.CCCCCCCCCCN. The van der Waals surface area contributed by atoms with Crippen molar-refractivity contribution in [3.05, 3.63) is 0 Å². The van der Waals surface area contributed by atoms with Gasteiger partial charge in [-0.15, -0.1) is 0 Å². The van der Waals surface area contributed by atoms with Crippen LogP contribution in [0.1, 0.15) is 65.7 Å². The van der Waals surface area contributed by atoms with Gasteiger partial charge in [0.25, 0.3) is 0 Å². The largest absolute Gasteiger partial charge is 0.330 e. The van der Waals surface area contributed by atoms with E-state index >= 15 is 0 Å². The molecule has 0 heterocycles. The highest BCUT2D eigenvalue weighted by atomic mass is 14.5. The molecular weight excluding hydrogens is 146 g/mol. The Hall–Kier alpha value is -0.0400. The van der Waals surface area contributed by atoms with Crippen LogP contribution in [0.5, 0.6) is 0 Å². The molecule has 0 fully saturated rings. The van der Waals surface area contributed by atoms with Gasteiger partial charge >= 0.3 is 0 Å². The minimum atomic E-state index is 0. The molecule has 1 nitrogen and oxygen atoms in total. The lowest BCUT2D eigenvalue weighted by Crippen LogP contribution is -1.97. The first-order valence-electron chi connectivity index (χ1n) is 5.12. The predicted octanol–water partition coefficient (Wildman–Crippen LogP) is 3.72. The molecule has 0 radical (unpaired) electrons. The molecule has 0 aromatic heterocycles. The average molecular weight is 173 g/mol. The van der Waals surface area contributed by atoms with Gasteiger partial charge in [0.05, 0.1) is 0 Å². The van der Waals surface area contributed by atoms with Crippen molar-refractivity contribution in [3.8, 4) is 0 Å². The van der Waals surface area contributed by atoms with Gasteiger partial charge in [-0.05, 0) is 13.0 Å². The molecule has 0 saturated heterocycles. The molecule has 0 atom stereocenters. The molecule has 0 saturated carbocycles. The molecule has 2 N–H and O–H groups in total. The van der Waals surface area contributed by atoms with Crippen molar-refractivity contribution in [3.63, 3.8) is 0 Å². The van der Waals surface area contributed by atoms with Crippen molar-refractivity contribution in [2.75, 3.05) is 6.54 Å². The topological polar surface area (TPSA) is 26.0 Å². The second kappa shape index (κ2) is 13.5. The molecule has 0 aliphatic carbocycles. The first-order valence-corrected chi connectivity index (χ1v) is 5.12. The Morgan fingerprint density at radius 1 is 0.750 bits per heavy atom. The lowest BCUT2D eigenvalue weighted by Gasteiger charge is -1.99. The summed E-state index contributed by atoms with van der Waals surface area (Å²) >= 11 is 0. The molecule has 0 aliphatic heterocycles. The monoisotopic (exact) mass is 173 g/mol. The number of rotatable bonds is 8. The van der Waals surface area contributed by atoms with Crippen LogP contribution in [-0.4, -0.2) is 6.54 Å². The lowest BCUT2D eigenvalue weighted by atomic mass is 10.1. The van der Waals surface area contributed by atoms with Gasteiger partial charge in [0.1, 0.15) is 0 Å². The Morgan fingerprint density at radius 2 is 1.17 bits per heavy atom. The van der Waals surface area contributed by atoms with Gasteiger partial charge < -0.3 is 5.73 Å². The predicted molar refractivity (Wildman–Crippen MR) is 58.4 cm³/mol. The summed E-state index contributed by atoms with van der Waals surface area (Å²) in [7, 11) is 0. The molecule has 0 aromatic carbocycles. The van der Waals surface area contributed by atoms with E-state index in [1.54, 1.807) is 0 Å². The second-order valence-electron chi connectivity index (χ2n) is 3.26. The fourth-order valence-electron chi connectivity index (χ4n) is 1.28. The second-order valence-corrected chi connectivity index (χ2v) is 3.26. The highest BCUT2D eigenvalue weighted by Gasteiger charge is 1.89. The summed E-state index contributed by atoms with van der Waals surface area (Å²) in [6.45, 7) is 3.13. The molecule has 0 unspecified atom stereocenters. The Bertz CT molecular complexity index is 54.0. The van der Waals surface area contributed by atoms with Gasteiger partial charge in [0.15, 0.2) is 0 Å². The molecule has 12 heavy (non-hydrogen) atoms. The van der Waals surface area contributed by atoms with Gasteiger partial charge in [-0.3, -0.25) is 0 Å². The van der Waals surface area contributed by atoms with Crippen LogP contribution in [0.2, 0.25) is 0 Å². The van der Waals surface area contributed by atoms with Gasteiger partial charge in [0, 0.05) is 0 Å². The lowest BCUT2D eigenvalue weighted by molar-refractivity contribution is 0.578. The van der Waals surface area contributed by atoms with E-state index in [-0.39, 0.29) is 7.43 Å².